The first-order valence-electron chi connectivity index (χ1n) is 7.80. The smallest absolute Gasteiger partial charge is 0.271 e. The molecule has 0 spiro atoms. The number of aromatic nitrogens is 1. The van der Waals surface area contributed by atoms with Crippen LogP contribution in [0.25, 0.3) is 5.69 Å². The Hall–Kier alpha value is -2.56. The van der Waals surface area contributed by atoms with Crippen LogP contribution in [0.4, 0.5) is 0 Å². The van der Waals surface area contributed by atoms with Crippen LogP contribution in [0.5, 0.6) is 0 Å². The third-order valence-corrected chi connectivity index (χ3v) is 4.05. The molecule has 5 nitrogen and oxygen atoms in total. The highest BCUT2D eigenvalue weighted by molar-refractivity contribution is 5.97. The summed E-state index contributed by atoms with van der Waals surface area (Å²) in [6.45, 7) is 7.60. The molecule has 0 radical (unpaired) electrons. The third kappa shape index (κ3) is 3.62. The molecule has 0 bridgehead atoms. The number of carbonyl (C=O) groups is 2. The van der Waals surface area contributed by atoms with Crippen molar-refractivity contribution in [3.63, 3.8) is 0 Å². The molecular formula is C18H23N3O2. The summed E-state index contributed by atoms with van der Waals surface area (Å²) in [4.78, 5) is 24.1. The maximum absolute atomic E-state index is 12.3. The van der Waals surface area contributed by atoms with Gasteiger partial charge >= 0.3 is 0 Å². The Kier molecular flexibility index (Phi) is 5.21. The van der Waals surface area contributed by atoms with Gasteiger partial charge < -0.3 is 4.57 Å². The van der Waals surface area contributed by atoms with Crippen LogP contribution in [0.2, 0.25) is 0 Å². The van der Waals surface area contributed by atoms with Crippen LogP contribution in [-0.4, -0.2) is 16.4 Å². The molecule has 0 saturated heterocycles. The number of nitrogens with one attached hydrogen (secondary N) is 2. The SMILES string of the molecule is CC[C@H](C)C(=O)NNC(=O)c1cc(C)n(-c2ccccc2)c1C. The van der Waals surface area contributed by atoms with E-state index in [0.717, 1.165) is 23.5 Å². The van der Waals surface area contributed by atoms with Gasteiger partial charge in [-0.05, 0) is 38.5 Å². The molecule has 2 aromatic rings. The van der Waals surface area contributed by atoms with Crippen LogP contribution in [0, 0.1) is 19.8 Å². The number of rotatable bonds is 4. The Morgan fingerprint density at radius 2 is 1.78 bits per heavy atom. The molecule has 1 atom stereocenters. The van der Waals surface area contributed by atoms with E-state index in [1.54, 1.807) is 0 Å². The number of hydrogen-bond acceptors (Lipinski definition) is 2. The zero-order valence-electron chi connectivity index (χ0n) is 14.0. The minimum absolute atomic E-state index is 0.132. The number of para-hydroxylation sites is 1. The van der Waals surface area contributed by atoms with Gasteiger partial charge in [-0.2, -0.15) is 0 Å². The van der Waals surface area contributed by atoms with E-state index < -0.39 is 0 Å². The number of carbonyl (C=O) groups excluding carboxylic acids is 2. The fraction of sp³-hybridized carbons (Fsp3) is 0.333. The number of amides is 2. The molecule has 0 aliphatic rings. The van der Waals surface area contributed by atoms with Crippen LogP contribution in [0.15, 0.2) is 36.4 Å². The molecule has 1 aromatic heterocycles. The van der Waals surface area contributed by atoms with Gasteiger partial charge in [-0.15, -0.1) is 0 Å². The summed E-state index contributed by atoms with van der Waals surface area (Å²) in [5.41, 5.74) is 8.33. The monoisotopic (exact) mass is 313 g/mol. The summed E-state index contributed by atoms with van der Waals surface area (Å²) >= 11 is 0. The van der Waals surface area contributed by atoms with Gasteiger partial charge in [0.25, 0.3) is 5.91 Å². The summed E-state index contributed by atoms with van der Waals surface area (Å²) in [5, 5.41) is 0. The van der Waals surface area contributed by atoms with Crippen molar-refractivity contribution in [2.24, 2.45) is 5.92 Å². The lowest BCUT2D eigenvalue weighted by atomic mass is 10.1. The third-order valence-electron chi connectivity index (χ3n) is 4.05. The van der Waals surface area contributed by atoms with Crippen LogP contribution >= 0.6 is 0 Å². The zero-order valence-corrected chi connectivity index (χ0v) is 14.0. The molecule has 0 saturated carbocycles. The van der Waals surface area contributed by atoms with E-state index in [9.17, 15) is 9.59 Å². The topological polar surface area (TPSA) is 63.1 Å². The second-order valence-electron chi connectivity index (χ2n) is 5.71. The molecule has 122 valence electrons. The van der Waals surface area contributed by atoms with Crippen molar-refractivity contribution in [2.45, 2.75) is 34.1 Å². The number of benzene rings is 1. The number of hydrogen-bond donors (Lipinski definition) is 2. The van der Waals surface area contributed by atoms with Crippen molar-refractivity contribution in [3.05, 3.63) is 53.3 Å². The van der Waals surface area contributed by atoms with Crippen LogP contribution in [0.1, 0.15) is 42.0 Å². The van der Waals surface area contributed by atoms with E-state index in [-0.39, 0.29) is 17.7 Å². The minimum Gasteiger partial charge on any atom is -0.318 e. The molecule has 0 aliphatic heterocycles. The highest BCUT2D eigenvalue weighted by Crippen LogP contribution is 2.20. The second-order valence-corrected chi connectivity index (χ2v) is 5.71. The quantitative estimate of drug-likeness (QED) is 0.853. The number of hydrazine groups is 1. The van der Waals surface area contributed by atoms with Crippen molar-refractivity contribution >= 4 is 11.8 Å². The van der Waals surface area contributed by atoms with Gasteiger partial charge in [0.05, 0.1) is 5.56 Å². The molecule has 0 unspecified atom stereocenters. The van der Waals surface area contributed by atoms with Crippen molar-refractivity contribution in [1.29, 1.82) is 0 Å². The van der Waals surface area contributed by atoms with Crippen LogP contribution in [-0.2, 0) is 4.79 Å². The van der Waals surface area contributed by atoms with Gasteiger partial charge in [0.1, 0.15) is 0 Å². The Morgan fingerprint density at radius 3 is 2.39 bits per heavy atom. The Labute approximate surface area is 136 Å². The number of nitrogens with zero attached hydrogens (tertiary/aromatic N) is 1. The second kappa shape index (κ2) is 7.13. The molecule has 0 aliphatic carbocycles. The molecule has 1 heterocycles. The summed E-state index contributed by atoms with van der Waals surface area (Å²) in [7, 11) is 0. The fourth-order valence-corrected chi connectivity index (χ4v) is 2.46. The average Bonchev–Trinajstić information content (AvgIpc) is 2.86. The lowest BCUT2D eigenvalue weighted by molar-refractivity contribution is -0.125. The van der Waals surface area contributed by atoms with Gasteiger partial charge in [-0.3, -0.25) is 20.4 Å². The highest BCUT2D eigenvalue weighted by atomic mass is 16.2. The lowest BCUT2D eigenvalue weighted by Crippen LogP contribution is -2.44. The Morgan fingerprint density at radius 1 is 1.13 bits per heavy atom. The average molecular weight is 313 g/mol. The molecule has 2 rings (SSSR count). The van der Waals surface area contributed by atoms with Crippen LogP contribution in [0.3, 0.4) is 0 Å². The van der Waals surface area contributed by atoms with Crippen molar-refractivity contribution in [2.75, 3.05) is 0 Å². The zero-order chi connectivity index (χ0) is 17.0. The van der Waals surface area contributed by atoms with Gasteiger partial charge in [0, 0.05) is 23.0 Å². The number of aryl methyl sites for hydroxylation is 1. The molecule has 2 N–H and O–H groups in total. The predicted molar refractivity (Wildman–Crippen MR) is 90.3 cm³/mol. The van der Waals surface area contributed by atoms with Crippen molar-refractivity contribution < 1.29 is 9.59 Å². The Bertz CT molecular complexity index is 705. The molecule has 2 amide bonds. The first kappa shape index (κ1) is 16.8. The van der Waals surface area contributed by atoms with E-state index in [2.05, 4.69) is 10.9 Å². The van der Waals surface area contributed by atoms with Crippen LogP contribution < -0.4 is 10.9 Å². The highest BCUT2D eigenvalue weighted by Gasteiger charge is 2.18. The van der Waals surface area contributed by atoms with Gasteiger partial charge in [-0.1, -0.05) is 32.0 Å². The van der Waals surface area contributed by atoms with E-state index in [0.29, 0.717) is 5.56 Å². The van der Waals surface area contributed by atoms with Crippen molar-refractivity contribution in [1.82, 2.24) is 15.4 Å². The maximum atomic E-state index is 12.3. The maximum Gasteiger partial charge on any atom is 0.271 e. The lowest BCUT2D eigenvalue weighted by Gasteiger charge is -2.12. The van der Waals surface area contributed by atoms with Gasteiger partial charge in [0.15, 0.2) is 0 Å². The summed E-state index contributed by atoms with van der Waals surface area (Å²) in [6, 6.07) is 11.7. The molecule has 0 fully saturated rings. The van der Waals surface area contributed by atoms with E-state index in [4.69, 9.17) is 0 Å². The van der Waals surface area contributed by atoms with Gasteiger partial charge in [-0.25, -0.2) is 0 Å². The standard InChI is InChI=1S/C18H23N3O2/c1-5-12(2)17(22)19-20-18(23)16-11-13(3)21(14(16)4)15-9-7-6-8-10-15/h6-12H,5H2,1-4H3,(H,19,22)(H,20,23)/t12-/m0/s1. The van der Waals surface area contributed by atoms with E-state index in [1.165, 1.54) is 0 Å². The van der Waals surface area contributed by atoms with Gasteiger partial charge in [0.2, 0.25) is 5.91 Å². The minimum atomic E-state index is -0.308. The molecule has 5 heteroatoms. The summed E-state index contributed by atoms with van der Waals surface area (Å²) in [5.74, 6) is -0.623. The Balaban J connectivity index is 2.18. The predicted octanol–water partition coefficient (Wildman–Crippen LogP) is 2.90. The first-order chi connectivity index (χ1) is 11.0. The van der Waals surface area contributed by atoms with Crippen molar-refractivity contribution in [3.8, 4) is 5.69 Å². The molecular weight excluding hydrogens is 290 g/mol. The van der Waals surface area contributed by atoms with E-state index >= 15 is 0 Å². The first-order valence-corrected chi connectivity index (χ1v) is 7.80. The fourth-order valence-electron chi connectivity index (χ4n) is 2.46. The molecule has 23 heavy (non-hydrogen) atoms. The molecule has 1 aromatic carbocycles. The largest absolute Gasteiger partial charge is 0.318 e. The summed E-state index contributed by atoms with van der Waals surface area (Å²) < 4.78 is 2.02. The summed E-state index contributed by atoms with van der Waals surface area (Å²) in [6.07, 6.45) is 0.726. The van der Waals surface area contributed by atoms with E-state index in [1.807, 2.05) is 68.7 Å². The normalized spacial score (nSPS) is 11.8.